The van der Waals surface area contributed by atoms with Gasteiger partial charge in [0, 0.05) is 6.61 Å². The Hall–Kier alpha value is -0.643. The maximum Gasteiger partial charge on any atom is 0.104 e. The molecule has 2 rings (SSSR count). The molecule has 0 amide bonds. The summed E-state index contributed by atoms with van der Waals surface area (Å²) < 4.78 is 10.7. The van der Waals surface area contributed by atoms with Crippen LogP contribution < -0.4 is 5.19 Å². The molecule has 0 radical (unpaired) electrons. The van der Waals surface area contributed by atoms with Crippen LogP contribution in [-0.2, 0) is 15.9 Å². The largest absolute Gasteiger partial charge is 0.379 e. The molecule has 1 atom stereocenters. The van der Waals surface area contributed by atoms with E-state index in [1.54, 1.807) is 5.19 Å². The standard InChI is InChI=1S/C15H24O2Si/c1-18(2,3)15-9-5-4-7-13(15)8-6-10-16-11-14-12-17-14/h4-5,7,9,14H,6,8,10-12H2,1-3H3. The van der Waals surface area contributed by atoms with Crippen LogP contribution in [0.1, 0.15) is 12.0 Å². The monoisotopic (exact) mass is 264 g/mol. The van der Waals surface area contributed by atoms with Crippen molar-refractivity contribution in [3.8, 4) is 0 Å². The molecule has 18 heavy (non-hydrogen) atoms. The van der Waals surface area contributed by atoms with Crippen molar-refractivity contribution in [3.63, 3.8) is 0 Å². The second kappa shape index (κ2) is 6.00. The van der Waals surface area contributed by atoms with Gasteiger partial charge in [0.2, 0.25) is 0 Å². The van der Waals surface area contributed by atoms with Crippen LogP contribution >= 0.6 is 0 Å². The predicted octanol–water partition coefficient (Wildman–Crippen LogP) is 2.58. The highest BCUT2D eigenvalue weighted by Crippen LogP contribution is 2.11. The molecule has 1 fully saturated rings. The van der Waals surface area contributed by atoms with Gasteiger partial charge < -0.3 is 9.47 Å². The van der Waals surface area contributed by atoms with Crippen molar-refractivity contribution in [1.29, 1.82) is 0 Å². The van der Waals surface area contributed by atoms with Gasteiger partial charge in [-0.1, -0.05) is 49.1 Å². The highest BCUT2D eigenvalue weighted by atomic mass is 28.3. The van der Waals surface area contributed by atoms with Gasteiger partial charge in [-0.3, -0.25) is 0 Å². The molecule has 1 aromatic carbocycles. The van der Waals surface area contributed by atoms with E-state index < -0.39 is 8.07 Å². The van der Waals surface area contributed by atoms with Crippen molar-refractivity contribution < 1.29 is 9.47 Å². The average Bonchev–Trinajstić information content (AvgIpc) is 3.12. The molecular weight excluding hydrogens is 240 g/mol. The number of hydrogen-bond donors (Lipinski definition) is 0. The lowest BCUT2D eigenvalue weighted by Gasteiger charge is -2.20. The Balaban J connectivity index is 1.80. The lowest BCUT2D eigenvalue weighted by molar-refractivity contribution is 0.114. The number of epoxide rings is 1. The normalized spacial score (nSPS) is 18.9. The van der Waals surface area contributed by atoms with Gasteiger partial charge in [0.1, 0.15) is 6.10 Å². The molecule has 3 heteroatoms. The Kier molecular flexibility index (Phi) is 4.59. The van der Waals surface area contributed by atoms with E-state index in [2.05, 4.69) is 43.9 Å². The molecule has 0 N–H and O–H groups in total. The van der Waals surface area contributed by atoms with E-state index in [1.807, 2.05) is 0 Å². The molecule has 1 unspecified atom stereocenters. The van der Waals surface area contributed by atoms with E-state index >= 15 is 0 Å². The molecule has 0 bridgehead atoms. The molecule has 100 valence electrons. The third-order valence-electron chi connectivity index (χ3n) is 3.27. The maximum atomic E-state index is 5.59. The summed E-state index contributed by atoms with van der Waals surface area (Å²) in [5.41, 5.74) is 1.52. The van der Waals surface area contributed by atoms with Gasteiger partial charge in [0.25, 0.3) is 0 Å². The summed E-state index contributed by atoms with van der Waals surface area (Å²) in [5.74, 6) is 0. The highest BCUT2D eigenvalue weighted by Gasteiger charge is 2.22. The zero-order valence-corrected chi connectivity index (χ0v) is 12.7. The van der Waals surface area contributed by atoms with Crippen LogP contribution in [0, 0.1) is 0 Å². The summed E-state index contributed by atoms with van der Waals surface area (Å²) in [6.45, 7) is 9.74. The zero-order valence-electron chi connectivity index (χ0n) is 11.7. The van der Waals surface area contributed by atoms with Crippen LogP contribution in [0.4, 0.5) is 0 Å². The van der Waals surface area contributed by atoms with Gasteiger partial charge in [-0.15, -0.1) is 0 Å². The average molecular weight is 264 g/mol. The summed E-state index contributed by atoms with van der Waals surface area (Å²) in [5, 5.41) is 1.59. The smallest absolute Gasteiger partial charge is 0.104 e. The molecule has 1 aliphatic heterocycles. The molecule has 1 aromatic rings. The van der Waals surface area contributed by atoms with Gasteiger partial charge in [0.15, 0.2) is 0 Å². The van der Waals surface area contributed by atoms with Crippen LogP contribution in [0.5, 0.6) is 0 Å². The third-order valence-corrected chi connectivity index (χ3v) is 5.37. The molecule has 1 aliphatic rings. The van der Waals surface area contributed by atoms with Crippen LogP contribution in [-0.4, -0.2) is 34.0 Å². The van der Waals surface area contributed by atoms with Crippen LogP contribution in [0.2, 0.25) is 19.6 Å². The van der Waals surface area contributed by atoms with Crippen molar-refractivity contribution >= 4 is 13.3 Å². The molecule has 0 aromatic heterocycles. The number of benzene rings is 1. The van der Waals surface area contributed by atoms with Gasteiger partial charge in [-0.2, -0.15) is 0 Å². The van der Waals surface area contributed by atoms with E-state index in [1.165, 1.54) is 5.56 Å². The van der Waals surface area contributed by atoms with E-state index in [0.29, 0.717) is 6.10 Å². The maximum absolute atomic E-state index is 5.59. The molecular formula is C15H24O2Si. The number of rotatable bonds is 7. The Labute approximate surface area is 111 Å². The van der Waals surface area contributed by atoms with Crippen LogP contribution in [0.25, 0.3) is 0 Å². The number of hydrogen-bond acceptors (Lipinski definition) is 2. The minimum atomic E-state index is -1.22. The van der Waals surface area contributed by atoms with E-state index in [0.717, 1.165) is 32.7 Å². The van der Waals surface area contributed by atoms with Crippen molar-refractivity contribution in [1.82, 2.24) is 0 Å². The lowest BCUT2D eigenvalue weighted by Crippen LogP contribution is -2.40. The second-order valence-electron chi connectivity index (χ2n) is 6.04. The van der Waals surface area contributed by atoms with Crippen molar-refractivity contribution in [3.05, 3.63) is 29.8 Å². The fraction of sp³-hybridized carbons (Fsp3) is 0.600. The van der Waals surface area contributed by atoms with Crippen LogP contribution in [0.15, 0.2) is 24.3 Å². The molecule has 1 saturated heterocycles. The Morgan fingerprint density at radius 1 is 1.28 bits per heavy atom. The first-order valence-electron chi connectivity index (χ1n) is 6.85. The Bertz CT molecular complexity index is 380. The lowest BCUT2D eigenvalue weighted by atomic mass is 10.1. The summed E-state index contributed by atoms with van der Waals surface area (Å²) >= 11 is 0. The topological polar surface area (TPSA) is 21.8 Å². The van der Waals surface area contributed by atoms with Gasteiger partial charge >= 0.3 is 0 Å². The molecule has 0 aliphatic carbocycles. The fourth-order valence-electron chi connectivity index (χ4n) is 2.21. The summed E-state index contributed by atoms with van der Waals surface area (Å²) in [6.07, 6.45) is 2.62. The quantitative estimate of drug-likeness (QED) is 0.429. The minimum absolute atomic E-state index is 0.388. The van der Waals surface area contributed by atoms with E-state index in [-0.39, 0.29) is 0 Å². The molecule has 2 nitrogen and oxygen atoms in total. The van der Waals surface area contributed by atoms with Crippen molar-refractivity contribution in [2.75, 3.05) is 19.8 Å². The molecule has 0 spiro atoms. The van der Waals surface area contributed by atoms with Crippen molar-refractivity contribution in [2.24, 2.45) is 0 Å². The van der Waals surface area contributed by atoms with E-state index in [9.17, 15) is 0 Å². The van der Waals surface area contributed by atoms with Crippen LogP contribution in [0.3, 0.4) is 0 Å². The van der Waals surface area contributed by atoms with E-state index in [4.69, 9.17) is 9.47 Å². The van der Waals surface area contributed by atoms with Gasteiger partial charge in [-0.05, 0) is 18.4 Å². The first kappa shape index (κ1) is 13.8. The fourth-order valence-corrected chi connectivity index (χ4v) is 3.98. The van der Waals surface area contributed by atoms with Crippen molar-refractivity contribution in [2.45, 2.75) is 38.6 Å². The zero-order chi connectivity index (χ0) is 13.0. The summed E-state index contributed by atoms with van der Waals surface area (Å²) in [7, 11) is -1.22. The van der Waals surface area contributed by atoms with Gasteiger partial charge in [0.05, 0.1) is 21.3 Å². The first-order valence-corrected chi connectivity index (χ1v) is 10.3. The van der Waals surface area contributed by atoms with Gasteiger partial charge in [-0.25, -0.2) is 0 Å². The Morgan fingerprint density at radius 2 is 2.00 bits per heavy atom. The summed E-state index contributed by atoms with van der Waals surface area (Å²) in [4.78, 5) is 0. The molecule has 0 saturated carbocycles. The summed E-state index contributed by atoms with van der Waals surface area (Å²) in [6, 6.07) is 8.90. The predicted molar refractivity (Wildman–Crippen MR) is 78.3 cm³/mol. The number of ether oxygens (including phenoxy) is 2. The third kappa shape index (κ3) is 4.23. The minimum Gasteiger partial charge on any atom is -0.379 e. The number of aryl methyl sites for hydroxylation is 1. The molecule has 1 heterocycles. The highest BCUT2D eigenvalue weighted by molar-refractivity contribution is 6.89. The first-order chi connectivity index (χ1) is 8.57. The Morgan fingerprint density at radius 3 is 2.67 bits per heavy atom. The second-order valence-corrected chi connectivity index (χ2v) is 11.1. The SMILES string of the molecule is C[Si](C)(C)c1ccccc1CCCOCC1CO1.